The Morgan fingerprint density at radius 2 is 1.12 bits per heavy atom. The van der Waals surface area contributed by atoms with Gasteiger partial charge in [0.25, 0.3) is 5.91 Å². The number of aromatic nitrogens is 12. The van der Waals surface area contributed by atoms with E-state index in [0.29, 0.717) is 48.1 Å². The van der Waals surface area contributed by atoms with Crippen molar-refractivity contribution in [1.29, 1.82) is 0 Å². The maximum atomic E-state index is 12.7. The summed E-state index contributed by atoms with van der Waals surface area (Å²) in [5.74, 6) is 7.47. The van der Waals surface area contributed by atoms with Crippen LogP contribution in [0.2, 0.25) is 0 Å². The second-order valence-electron chi connectivity index (χ2n) is 23.7. The molecular weight excluding hydrogens is 1150 g/mol. The first kappa shape index (κ1) is 57.3. The predicted octanol–water partition coefficient (Wildman–Crippen LogP) is 11.8. The molecule has 0 radical (unpaired) electrons. The van der Waals surface area contributed by atoms with Crippen molar-refractivity contribution in [2.45, 2.75) is 75.5 Å². The molecule has 2 saturated carbocycles. The molecule has 10 aromatic heterocycles. The smallest absolute Gasteiger partial charge is 0.254 e. The lowest BCUT2D eigenvalue weighted by Gasteiger charge is -2.31. The molecule has 1 aliphatic heterocycles. The van der Waals surface area contributed by atoms with Crippen LogP contribution in [0.25, 0.3) is 83.4 Å². The molecule has 0 bridgehead atoms. The van der Waals surface area contributed by atoms with E-state index in [1.54, 1.807) is 49.8 Å². The van der Waals surface area contributed by atoms with Gasteiger partial charge < -0.3 is 56.5 Å². The number of anilines is 3. The number of rotatable bonds is 10. The number of ether oxygens (including phenoxy) is 2. The molecule has 10 N–H and O–H groups in total. The number of hydrogen-bond acceptors (Lipinski definition) is 15. The number of likely N-dealkylation sites (tertiary alicyclic amines) is 1. The van der Waals surface area contributed by atoms with E-state index in [4.69, 9.17) is 41.6 Å². The highest BCUT2D eigenvalue weighted by Gasteiger charge is 2.33. The summed E-state index contributed by atoms with van der Waals surface area (Å²) in [6, 6.07) is 25.3. The highest BCUT2D eigenvalue weighted by Crippen LogP contribution is 2.44. The van der Waals surface area contributed by atoms with E-state index in [9.17, 15) is 14.7 Å². The van der Waals surface area contributed by atoms with Gasteiger partial charge in [-0.05, 0) is 111 Å². The summed E-state index contributed by atoms with van der Waals surface area (Å²) in [5, 5.41) is 16.9. The summed E-state index contributed by atoms with van der Waals surface area (Å²) in [6.45, 7) is 1.37. The summed E-state index contributed by atoms with van der Waals surface area (Å²) in [7, 11) is 6.98. The van der Waals surface area contributed by atoms with Gasteiger partial charge in [0, 0.05) is 121 Å². The van der Waals surface area contributed by atoms with Gasteiger partial charge in [-0.1, -0.05) is 30.7 Å². The van der Waals surface area contributed by atoms with Crippen molar-refractivity contribution in [3.63, 3.8) is 0 Å². The molecule has 16 rings (SSSR count). The molecule has 3 aliphatic rings. The molecule has 90 heavy (non-hydrogen) atoms. The number of nitrogens with zero attached hydrogens (tertiary/aromatic N) is 11. The lowest BCUT2D eigenvalue weighted by Crippen LogP contribution is -2.38. The number of H-pyrrole nitrogens is 3. The van der Waals surface area contributed by atoms with Crippen molar-refractivity contribution in [1.82, 2.24) is 67.9 Å². The number of nitrogen functional groups attached to an aromatic ring is 3. The van der Waals surface area contributed by atoms with Crippen molar-refractivity contribution < 1.29 is 24.2 Å². The normalized spacial score (nSPS) is 16.3. The number of nitrogens with one attached hydrogen (secondary N) is 3. The third kappa shape index (κ3) is 10.3. The SMILES string of the molecule is CN(C)C(=O)C1CCC(c2nc(-c3cc4ccccc4[nH]3)c3c(N)nccn23)CC1.COc1ccc(OC)c2[nH]c(-c3nc(C4CCC4)n4ccnc(N)c34)cc12.Nc1nccn2c(C3CCN(C(=O)c4ccsc4)CC3)nc(-c3cc4c(O)cccc4[nH]3)c12. The number of carbonyl (C=O) groups is 2. The maximum absolute atomic E-state index is 12.7. The van der Waals surface area contributed by atoms with Crippen molar-refractivity contribution in [3.05, 3.63) is 150 Å². The number of thiophene rings is 1. The zero-order chi connectivity index (χ0) is 61.9. The number of benzene rings is 3. The molecule has 13 aromatic rings. The summed E-state index contributed by atoms with van der Waals surface area (Å²) < 4.78 is 17.2. The fourth-order valence-corrected chi connectivity index (χ4v) is 14.0. The zero-order valence-corrected chi connectivity index (χ0v) is 51.2. The van der Waals surface area contributed by atoms with E-state index in [1.807, 2.05) is 101 Å². The Morgan fingerprint density at radius 3 is 1.66 bits per heavy atom. The minimum Gasteiger partial charge on any atom is -0.507 e. The number of aromatic hydroxyl groups is 1. The number of nitrogens with two attached hydrogens (primary N) is 3. The number of para-hydroxylation sites is 1. The van der Waals surface area contributed by atoms with Crippen LogP contribution >= 0.6 is 11.3 Å². The minimum atomic E-state index is 0.0923. The van der Waals surface area contributed by atoms with Crippen molar-refractivity contribution in [2.24, 2.45) is 5.92 Å². The predicted molar refractivity (Wildman–Crippen MR) is 351 cm³/mol. The topological polar surface area (TPSA) is 295 Å². The molecule has 3 aromatic carbocycles. The molecule has 2 aliphatic carbocycles. The van der Waals surface area contributed by atoms with Crippen LogP contribution < -0.4 is 26.7 Å². The van der Waals surface area contributed by atoms with Crippen LogP contribution in [-0.2, 0) is 4.79 Å². The van der Waals surface area contributed by atoms with Crippen LogP contribution in [0.3, 0.4) is 0 Å². The fraction of sp³-hybridized carbons (Fsp3) is 0.284. The van der Waals surface area contributed by atoms with E-state index in [2.05, 4.69) is 56.9 Å². The molecular formula is C67H69N17O5S. The number of phenols is 1. The lowest BCUT2D eigenvalue weighted by molar-refractivity contribution is -0.134. The van der Waals surface area contributed by atoms with E-state index >= 15 is 0 Å². The number of piperidine rings is 1. The largest absolute Gasteiger partial charge is 0.507 e. The van der Waals surface area contributed by atoms with Crippen molar-refractivity contribution >= 4 is 89.9 Å². The molecule has 0 spiro atoms. The van der Waals surface area contributed by atoms with Gasteiger partial charge in [-0.2, -0.15) is 11.3 Å². The Kier molecular flexibility index (Phi) is 15.0. The number of fused-ring (bicyclic) bond motifs is 6. The third-order valence-electron chi connectivity index (χ3n) is 18.2. The fourth-order valence-electron chi connectivity index (χ4n) is 13.3. The molecule has 23 heteroatoms. The van der Waals surface area contributed by atoms with Crippen LogP contribution in [0.5, 0.6) is 17.2 Å². The Balaban J connectivity index is 0.000000118. The highest BCUT2D eigenvalue weighted by atomic mass is 32.1. The second-order valence-corrected chi connectivity index (χ2v) is 24.5. The van der Waals surface area contributed by atoms with Gasteiger partial charge in [0.1, 0.15) is 85.8 Å². The number of amides is 2. The summed E-state index contributed by atoms with van der Waals surface area (Å²) in [6.07, 6.45) is 19.8. The Morgan fingerprint density at radius 1 is 0.600 bits per heavy atom. The van der Waals surface area contributed by atoms with E-state index in [-0.39, 0.29) is 29.4 Å². The van der Waals surface area contributed by atoms with Gasteiger partial charge in [0.2, 0.25) is 5.91 Å². The first-order chi connectivity index (χ1) is 43.8. The molecule has 458 valence electrons. The molecule has 22 nitrogen and oxygen atoms in total. The molecule has 1 saturated heterocycles. The van der Waals surface area contributed by atoms with Gasteiger partial charge in [0.05, 0.1) is 42.4 Å². The molecule has 2 amide bonds. The number of methoxy groups -OCH3 is 2. The van der Waals surface area contributed by atoms with E-state index in [1.165, 1.54) is 17.8 Å². The molecule has 0 unspecified atom stereocenters. The average Bonchev–Trinajstić information content (AvgIpc) is 1.73. The number of imidazole rings is 3. The Labute approximate surface area is 520 Å². The maximum Gasteiger partial charge on any atom is 0.254 e. The standard InChI is InChI=1S/C24H22N6O2S.C23H26N6O.C20H21N5O2/c25-22-21-20(18-12-16-17(27-18)2-1-3-19(16)31)28-23(30(21)10-7-26-22)14-4-8-29(9-5-14)24(32)15-6-11-33-13-15;1-28(2)23(30)15-9-7-14(8-10-15)22-27-19(20-21(24)25-11-12-29(20)22)18-13-16-5-3-4-6-17(16)26-18;1-26-14-6-7-15(27-2)16-12(14)10-13(23-16)17-18-19(21)22-8-9-25(18)20(24-17)11-4-3-5-11/h1-3,6-7,10-14,27,31H,4-5,8-9H2,(H2,25,26);3-6,11-15,26H,7-10H2,1-2H3,(H2,24,25);6-11,23H,3-5H2,1-2H3,(H2,21,22). The van der Waals surface area contributed by atoms with E-state index in [0.717, 1.165) is 164 Å². The number of hydrogen-bond donors (Lipinski definition) is 7. The second kappa shape index (κ2) is 23.6. The monoisotopic (exact) mass is 1220 g/mol. The molecule has 0 atom stereocenters. The van der Waals surface area contributed by atoms with Gasteiger partial charge in [0.15, 0.2) is 0 Å². The molecule has 3 fully saturated rings. The van der Waals surface area contributed by atoms with Gasteiger partial charge >= 0.3 is 0 Å². The van der Waals surface area contributed by atoms with Gasteiger partial charge in [-0.25, -0.2) is 29.9 Å². The Hall–Kier alpha value is -10.4. The van der Waals surface area contributed by atoms with E-state index < -0.39 is 0 Å². The van der Waals surface area contributed by atoms with Gasteiger partial charge in [-0.15, -0.1) is 0 Å². The van der Waals surface area contributed by atoms with Crippen LogP contribution in [0.15, 0.2) is 127 Å². The summed E-state index contributed by atoms with van der Waals surface area (Å²) in [4.78, 5) is 66.9. The first-order valence-corrected chi connectivity index (χ1v) is 31.3. The van der Waals surface area contributed by atoms with Crippen molar-refractivity contribution in [2.75, 3.05) is 58.6 Å². The number of carbonyl (C=O) groups excluding carboxylic acids is 2. The first-order valence-electron chi connectivity index (χ1n) is 30.4. The number of phenolic OH excluding ortho intramolecular Hbond substituents is 1. The minimum absolute atomic E-state index is 0.0923. The number of aromatic amines is 3. The van der Waals surface area contributed by atoms with Gasteiger partial charge in [-0.3, -0.25) is 22.8 Å². The van der Waals surface area contributed by atoms with Crippen LogP contribution in [0, 0.1) is 5.92 Å². The van der Waals surface area contributed by atoms with Crippen molar-refractivity contribution in [3.8, 4) is 51.4 Å². The average molecular weight is 1220 g/mol. The van der Waals surface area contributed by atoms with Crippen LogP contribution in [-0.4, -0.2) is 126 Å². The van der Waals surface area contributed by atoms with Crippen LogP contribution in [0.1, 0.15) is 103 Å². The van der Waals surface area contributed by atoms with Crippen LogP contribution in [0.4, 0.5) is 17.5 Å². The zero-order valence-electron chi connectivity index (χ0n) is 50.4. The summed E-state index contributed by atoms with van der Waals surface area (Å²) >= 11 is 1.54. The Bertz CT molecular complexity index is 4750. The lowest BCUT2D eigenvalue weighted by atomic mass is 9.81. The quantitative estimate of drug-likeness (QED) is 0.0670. The molecule has 11 heterocycles. The highest BCUT2D eigenvalue weighted by molar-refractivity contribution is 7.08. The third-order valence-corrected chi connectivity index (χ3v) is 18.9. The summed E-state index contributed by atoms with van der Waals surface area (Å²) in [5.41, 5.74) is 29.7.